The van der Waals surface area contributed by atoms with Gasteiger partial charge in [0.05, 0.1) is 17.1 Å². The highest BCUT2D eigenvalue weighted by molar-refractivity contribution is 7.91. The molecule has 1 heterocycles. The van der Waals surface area contributed by atoms with Gasteiger partial charge in [-0.1, -0.05) is 0 Å². The summed E-state index contributed by atoms with van der Waals surface area (Å²) < 4.78 is 22.6. The number of nitrogens with one attached hydrogen (secondary N) is 1. The second-order valence-corrected chi connectivity index (χ2v) is 7.09. The van der Waals surface area contributed by atoms with Crippen molar-refractivity contribution in [2.45, 2.75) is 18.9 Å². The first-order valence-electron chi connectivity index (χ1n) is 6.22. The second-order valence-electron chi connectivity index (χ2n) is 4.78. The van der Waals surface area contributed by atoms with Crippen LogP contribution in [0.25, 0.3) is 0 Å². The zero-order valence-electron chi connectivity index (χ0n) is 10.7. The summed E-state index contributed by atoms with van der Waals surface area (Å²) in [6.45, 7) is 0. The first-order chi connectivity index (χ1) is 9.37. The van der Waals surface area contributed by atoms with E-state index >= 15 is 0 Å². The lowest BCUT2D eigenvalue weighted by Crippen LogP contribution is -2.40. The first-order valence-corrected chi connectivity index (χ1v) is 8.04. The summed E-state index contributed by atoms with van der Waals surface area (Å²) in [6, 6.07) is 5.46. The van der Waals surface area contributed by atoms with Crippen molar-refractivity contribution < 1.29 is 23.1 Å². The number of rotatable bonds is 3. The Morgan fingerprint density at radius 3 is 2.05 bits per heavy atom. The maximum atomic E-state index is 11.9. The van der Waals surface area contributed by atoms with Crippen molar-refractivity contribution in [3.05, 3.63) is 35.4 Å². The Hall–Kier alpha value is -1.89. The van der Waals surface area contributed by atoms with Crippen molar-refractivity contribution in [3.63, 3.8) is 0 Å². The largest absolute Gasteiger partial charge is 0.478 e. The third-order valence-corrected chi connectivity index (χ3v) is 5.00. The highest BCUT2D eigenvalue weighted by atomic mass is 32.2. The molecule has 0 aromatic heterocycles. The van der Waals surface area contributed by atoms with Crippen LogP contribution in [0.2, 0.25) is 0 Å². The molecule has 0 spiro atoms. The van der Waals surface area contributed by atoms with E-state index in [-0.39, 0.29) is 29.0 Å². The molecule has 108 valence electrons. The molecular weight excluding hydrogens is 282 g/mol. The van der Waals surface area contributed by atoms with Crippen LogP contribution in [0, 0.1) is 0 Å². The quantitative estimate of drug-likeness (QED) is 0.855. The lowest BCUT2D eigenvalue weighted by Gasteiger charge is -2.23. The Kier molecular flexibility index (Phi) is 4.08. The monoisotopic (exact) mass is 297 g/mol. The fourth-order valence-electron chi connectivity index (χ4n) is 2.07. The summed E-state index contributed by atoms with van der Waals surface area (Å²) in [5, 5.41) is 11.5. The molecule has 2 rings (SSSR count). The minimum absolute atomic E-state index is 0.0932. The van der Waals surface area contributed by atoms with Gasteiger partial charge in [0.1, 0.15) is 9.84 Å². The summed E-state index contributed by atoms with van der Waals surface area (Å²) in [5.41, 5.74) is 0.480. The van der Waals surface area contributed by atoms with Gasteiger partial charge in [-0.05, 0) is 37.1 Å². The summed E-state index contributed by atoms with van der Waals surface area (Å²) >= 11 is 0. The number of aromatic carboxylic acids is 1. The van der Waals surface area contributed by atoms with Crippen LogP contribution in [0.3, 0.4) is 0 Å². The zero-order valence-corrected chi connectivity index (χ0v) is 11.5. The molecule has 1 fully saturated rings. The SMILES string of the molecule is O=C(O)c1ccc(C(=O)NC2CCS(=O)(=O)CC2)cc1. The third-order valence-electron chi connectivity index (χ3n) is 3.28. The van der Waals surface area contributed by atoms with Crippen molar-refractivity contribution in [1.82, 2.24) is 5.32 Å². The molecule has 0 bridgehead atoms. The first kappa shape index (κ1) is 14.5. The Balaban J connectivity index is 1.97. The Morgan fingerprint density at radius 1 is 1.05 bits per heavy atom. The lowest BCUT2D eigenvalue weighted by molar-refractivity contribution is 0.0696. The smallest absolute Gasteiger partial charge is 0.335 e. The highest BCUT2D eigenvalue weighted by Crippen LogP contribution is 2.13. The number of benzene rings is 1. The second kappa shape index (κ2) is 5.62. The normalized spacial score (nSPS) is 18.4. The molecule has 20 heavy (non-hydrogen) atoms. The van der Waals surface area contributed by atoms with E-state index in [1.165, 1.54) is 24.3 Å². The maximum Gasteiger partial charge on any atom is 0.335 e. The molecule has 2 N–H and O–H groups in total. The van der Waals surface area contributed by atoms with Gasteiger partial charge in [0.2, 0.25) is 0 Å². The summed E-state index contributed by atoms with van der Waals surface area (Å²) in [7, 11) is -2.95. The Morgan fingerprint density at radius 2 is 1.55 bits per heavy atom. The Bertz CT molecular complexity index is 607. The van der Waals surface area contributed by atoms with Gasteiger partial charge < -0.3 is 10.4 Å². The standard InChI is InChI=1S/C13H15NO5S/c15-12(9-1-3-10(4-2-9)13(16)17)14-11-5-7-20(18,19)8-6-11/h1-4,11H,5-8H2,(H,14,15)(H,16,17). The van der Waals surface area contributed by atoms with E-state index in [0.717, 1.165) is 0 Å². The van der Waals surface area contributed by atoms with Crippen molar-refractivity contribution in [2.75, 3.05) is 11.5 Å². The predicted molar refractivity (Wildman–Crippen MR) is 72.5 cm³/mol. The molecule has 0 atom stereocenters. The molecule has 1 aromatic rings. The van der Waals surface area contributed by atoms with E-state index in [1.807, 2.05) is 0 Å². The average molecular weight is 297 g/mol. The van der Waals surface area contributed by atoms with Crippen LogP contribution in [0.15, 0.2) is 24.3 Å². The average Bonchev–Trinajstić information content (AvgIpc) is 2.41. The topological polar surface area (TPSA) is 101 Å². The maximum absolute atomic E-state index is 11.9. The molecule has 0 aliphatic carbocycles. The zero-order chi connectivity index (χ0) is 14.8. The molecule has 1 saturated heterocycles. The molecule has 1 aromatic carbocycles. The Labute approximate surface area is 116 Å². The van der Waals surface area contributed by atoms with Gasteiger partial charge in [-0.3, -0.25) is 4.79 Å². The van der Waals surface area contributed by atoms with Crippen LogP contribution in [-0.4, -0.2) is 42.9 Å². The van der Waals surface area contributed by atoms with Gasteiger partial charge in [-0.15, -0.1) is 0 Å². The number of amides is 1. The molecule has 6 nitrogen and oxygen atoms in total. The fourth-order valence-corrected chi connectivity index (χ4v) is 3.56. The molecule has 0 unspecified atom stereocenters. The molecule has 0 radical (unpaired) electrons. The molecule has 1 aliphatic heterocycles. The van der Waals surface area contributed by atoms with Crippen LogP contribution >= 0.6 is 0 Å². The van der Waals surface area contributed by atoms with Gasteiger partial charge >= 0.3 is 5.97 Å². The van der Waals surface area contributed by atoms with E-state index in [9.17, 15) is 18.0 Å². The third kappa shape index (κ3) is 3.57. The minimum atomic E-state index is -2.95. The lowest BCUT2D eigenvalue weighted by atomic mass is 10.1. The molecule has 7 heteroatoms. The van der Waals surface area contributed by atoms with Gasteiger partial charge in [-0.2, -0.15) is 0 Å². The van der Waals surface area contributed by atoms with E-state index in [1.54, 1.807) is 0 Å². The molecule has 0 saturated carbocycles. The number of carboxylic acid groups (broad SMARTS) is 1. The molecule has 1 amide bonds. The van der Waals surface area contributed by atoms with E-state index in [0.29, 0.717) is 18.4 Å². The number of carboxylic acids is 1. The fraction of sp³-hybridized carbons (Fsp3) is 0.385. The van der Waals surface area contributed by atoms with Crippen molar-refractivity contribution in [1.29, 1.82) is 0 Å². The van der Waals surface area contributed by atoms with Crippen LogP contribution < -0.4 is 5.32 Å². The van der Waals surface area contributed by atoms with Crippen molar-refractivity contribution >= 4 is 21.7 Å². The van der Waals surface area contributed by atoms with Crippen LogP contribution in [0.5, 0.6) is 0 Å². The number of hydrogen-bond donors (Lipinski definition) is 2. The molecule has 1 aliphatic rings. The van der Waals surface area contributed by atoms with E-state index in [4.69, 9.17) is 5.11 Å². The van der Waals surface area contributed by atoms with Gasteiger partial charge in [0, 0.05) is 11.6 Å². The summed E-state index contributed by atoms with van der Waals surface area (Å²) in [6.07, 6.45) is 0.836. The minimum Gasteiger partial charge on any atom is -0.478 e. The van der Waals surface area contributed by atoms with Gasteiger partial charge in [0.15, 0.2) is 0 Å². The van der Waals surface area contributed by atoms with Crippen LogP contribution in [0.1, 0.15) is 33.6 Å². The van der Waals surface area contributed by atoms with E-state index in [2.05, 4.69) is 5.32 Å². The van der Waals surface area contributed by atoms with Gasteiger partial charge in [0.25, 0.3) is 5.91 Å². The summed E-state index contributed by atoms with van der Waals surface area (Å²) in [4.78, 5) is 22.6. The number of carbonyl (C=O) groups excluding carboxylic acids is 1. The number of sulfone groups is 1. The molecular formula is C13H15NO5S. The highest BCUT2D eigenvalue weighted by Gasteiger charge is 2.24. The van der Waals surface area contributed by atoms with E-state index < -0.39 is 15.8 Å². The van der Waals surface area contributed by atoms with Crippen LogP contribution in [0.4, 0.5) is 0 Å². The van der Waals surface area contributed by atoms with Crippen molar-refractivity contribution in [2.24, 2.45) is 0 Å². The number of carbonyl (C=O) groups is 2. The summed E-state index contributed by atoms with van der Waals surface area (Å²) in [5.74, 6) is -1.17. The van der Waals surface area contributed by atoms with Crippen LogP contribution in [-0.2, 0) is 9.84 Å². The van der Waals surface area contributed by atoms with Gasteiger partial charge in [-0.25, -0.2) is 13.2 Å². The number of hydrogen-bond acceptors (Lipinski definition) is 4. The predicted octanol–water partition coefficient (Wildman–Crippen LogP) is 0.692. The van der Waals surface area contributed by atoms with Crippen molar-refractivity contribution in [3.8, 4) is 0 Å².